The average molecular weight is 474 g/mol. The SMILES string of the molecule is COc1ccc([P+](CC(O)c2ccccc2)(c2ccc(OC)cc2)c2ccc(OC)cc2)cc1. The zero-order valence-corrected chi connectivity index (χ0v) is 20.6. The van der Waals surface area contributed by atoms with Crippen LogP contribution in [0, 0.1) is 0 Å². The Kier molecular flexibility index (Phi) is 7.52. The molecule has 0 heterocycles. The van der Waals surface area contributed by atoms with E-state index in [0.717, 1.165) is 22.8 Å². The van der Waals surface area contributed by atoms with Crippen molar-refractivity contribution in [3.8, 4) is 17.2 Å². The van der Waals surface area contributed by atoms with E-state index in [-0.39, 0.29) is 0 Å². The van der Waals surface area contributed by atoms with Crippen LogP contribution in [0.5, 0.6) is 17.2 Å². The van der Waals surface area contributed by atoms with Gasteiger partial charge in [0.2, 0.25) is 0 Å². The molecule has 1 N–H and O–H groups in total. The minimum absolute atomic E-state index is 0.558. The van der Waals surface area contributed by atoms with E-state index in [2.05, 4.69) is 36.4 Å². The van der Waals surface area contributed by atoms with Crippen molar-refractivity contribution in [2.24, 2.45) is 0 Å². The van der Waals surface area contributed by atoms with Crippen LogP contribution in [0.25, 0.3) is 0 Å². The minimum Gasteiger partial charge on any atom is -0.497 e. The van der Waals surface area contributed by atoms with Gasteiger partial charge in [0.25, 0.3) is 0 Å². The van der Waals surface area contributed by atoms with Crippen LogP contribution in [-0.2, 0) is 0 Å². The van der Waals surface area contributed by atoms with Crippen molar-refractivity contribution in [3.63, 3.8) is 0 Å². The second kappa shape index (κ2) is 10.7. The Morgan fingerprint density at radius 2 is 0.912 bits per heavy atom. The molecule has 174 valence electrons. The maximum atomic E-state index is 11.5. The monoisotopic (exact) mass is 473 g/mol. The third-order valence-electron chi connectivity index (χ3n) is 6.17. The molecular weight excluding hydrogens is 443 g/mol. The summed E-state index contributed by atoms with van der Waals surface area (Å²) in [5.74, 6) is 2.40. The highest BCUT2D eigenvalue weighted by atomic mass is 31.2. The third-order valence-corrected chi connectivity index (χ3v) is 10.6. The summed E-state index contributed by atoms with van der Waals surface area (Å²) in [7, 11) is 2.73. The average Bonchev–Trinajstić information content (AvgIpc) is 2.92. The normalized spacial score (nSPS) is 12.1. The number of benzene rings is 4. The standard InChI is InChI=1S/C29H30O4P/c1-31-23-9-15-26(16-10-23)34(27-17-11-24(32-2)12-18-27,28-19-13-25(33-3)14-20-28)21-29(30)22-7-5-4-6-8-22/h4-20,29-30H,21H2,1-3H3/q+1. The molecule has 0 amide bonds. The maximum absolute atomic E-state index is 11.5. The lowest BCUT2D eigenvalue weighted by Gasteiger charge is -2.30. The minimum atomic E-state index is -2.28. The third kappa shape index (κ3) is 4.79. The van der Waals surface area contributed by atoms with Gasteiger partial charge in [0.05, 0.1) is 21.3 Å². The molecule has 1 atom stereocenters. The summed E-state index contributed by atoms with van der Waals surface area (Å²) in [5, 5.41) is 15.0. The van der Waals surface area contributed by atoms with Crippen LogP contribution in [0.1, 0.15) is 11.7 Å². The van der Waals surface area contributed by atoms with Crippen LogP contribution in [-0.4, -0.2) is 32.6 Å². The lowest BCUT2D eigenvalue weighted by molar-refractivity contribution is 0.203. The molecule has 0 fully saturated rings. The molecular formula is C29H30O4P+. The van der Waals surface area contributed by atoms with Gasteiger partial charge in [0.15, 0.2) is 0 Å². The Bertz CT molecular complexity index is 1060. The smallest absolute Gasteiger partial charge is 0.119 e. The van der Waals surface area contributed by atoms with Crippen LogP contribution in [0.15, 0.2) is 103 Å². The van der Waals surface area contributed by atoms with Crippen molar-refractivity contribution >= 4 is 23.2 Å². The van der Waals surface area contributed by atoms with Crippen molar-refractivity contribution < 1.29 is 19.3 Å². The highest BCUT2D eigenvalue weighted by Crippen LogP contribution is 2.58. The van der Waals surface area contributed by atoms with Crippen molar-refractivity contribution in [3.05, 3.63) is 109 Å². The highest BCUT2D eigenvalue weighted by Gasteiger charge is 2.47. The summed E-state index contributed by atoms with van der Waals surface area (Å²) in [6, 6.07) is 34.6. The summed E-state index contributed by atoms with van der Waals surface area (Å²) in [6.45, 7) is 0. The van der Waals surface area contributed by atoms with Gasteiger partial charge < -0.3 is 19.3 Å². The van der Waals surface area contributed by atoms with Gasteiger partial charge in [0, 0.05) is 0 Å². The maximum Gasteiger partial charge on any atom is 0.119 e. The highest BCUT2D eigenvalue weighted by molar-refractivity contribution is 7.95. The summed E-state index contributed by atoms with van der Waals surface area (Å²) >= 11 is 0. The predicted octanol–water partition coefficient (Wildman–Crippen LogP) is 4.74. The molecule has 4 aromatic carbocycles. The summed E-state index contributed by atoms with van der Waals surface area (Å²) in [5.41, 5.74) is 0.905. The first-order valence-electron chi connectivity index (χ1n) is 11.2. The first-order chi connectivity index (χ1) is 16.6. The van der Waals surface area contributed by atoms with Crippen LogP contribution in [0.2, 0.25) is 0 Å². The Morgan fingerprint density at radius 3 is 1.24 bits per heavy atom. The van der Waals surface area contributed by atoms with Crippen molar-refractivity contribution in [2.45, 2.75) is 6.10 Å². The van der Waals surface area contributed by atoms with Crippen LogP contribution in [0.4, 0.5) is 0 Å². The van der Waals surface area contributed by atoms with Gasteiger partial charge >= 0.3 is 0 Å². The molecule has 1 unspecified atom stereocenters. The van der Waals surface area contributed by atoms with Crippen LogP contribution < -0.4 is 30.1 Å². The molecule has 0 aromatic heterocycles. The lowest BCUT2D eigenvalue weighted by atomic mass is 10.1. The molecule has 0 saturated carbocycles. The predicted molar refractivity (Wildman–Crippen MR) is 141 cm³/mol. The number of methoxy groups -OCH3 is 3. The molecule has 0 spiro atoms. The van der Waals surface area contributed by atoms with E-state index in [4.69, 9.17) is 14.2 Å². The van der Waals surface area contributed by atoms with E-state index in [1.807, 2.05) is 66.7 Å². The number of aliphatic hydroxyl groups is 1. The Balaban J connectivity index is 1.95. The van der Waals surface area contributed by atoms with Crippen molar-refractivity contribution in [1.29, 1.82) is 0 Å². The first kappa shape index (κ1) is 23.8. The lowest BCUT2D eigenvalue weighted by Crippen LogP contribution is -2.35. The first-order valence-corrected chi connectivity index (χ1v) is 13.1. The van der Waals surface area contributed by atoms with Gasteiger partial charge in [-0.1, -0.05) is 30.3 Å². The van der Waals surface area contributed by atoms with Gasteiger partial charge in [-0.2, -0.15) is 0 Å². The number of hydrogen-bond acceptors (Lipinski definition) is 4. The molecule has 0 saturated heterocycles. The van der Waals surface area contributed by atoms with Gasteiger partial charge in [-0.25, -0.2) is 0 Å². The van der Waals surface area contributed by atoms with Crippen LogP contribution in [0.3, 0.4) is 0 Å². The quantitative estimate of drug-likeness (QED) is 0.357. The fourth-order valence-corrected chi connectivity index (χ4v) is 8.54. The number of aliphatic hydroxyl groups excluding tert-OH is 1. The van der Waals surface area contributed by atoms with E-state index >= 15 is 0 Å². The van der Waals surface area contributed by atoms with Gasteiger partial charge in [-0.3, -0.25) is 0 Å². The molecule has 4 nitrogen and oxygen atoms in total. The molecule has 0 radical (unpaired) electrons. The Morgan fingerprint density at radius 1 is 0.559 bits per heavy atom. The van der Waals surface area contributed by atoms with Gasteiger partial charge in [-0.15, -0.1) is 0 Å². The van der Waals surface area contributed by atoms with E-state index in [1.54, 1.807) is 21.3 Å². The van der Waals surface area contributed by atoms with Crippen LogP contribution >= 0.6 is 7.26 Å². The van der Waals surface area contributed by atoms with E-state index in [1.165, 1.54) is 15.9 Å². The zero-order chi connectivity index (χ0) is 24.0. The topological polar surface area (TPSA) is 47.9 Å². The molecule has 4 aromatic rings. The van der Waals surface area contributed by atoms with E-state index < -0.39 is 13.4 Å². The second-order valence-electron chi connectivity index (χ2n) is 8.01. The Hall–Kier alpha value is -3.33. The molecule has 0 aliphatic rings. The largest absolute Gasteiger partial charge is 0.497 e. The van der Waals surface area contributed by atoms with E-state index in [0.29, 0.717) is 6.16 Å². The number of hydrogen-bond donors (Lipinski definition) is 1. The van der Waals surface area contributed by atoms with Gasteiger partial charge in [-0.05, 0) is 78.4 Å². The van der Waals surface area contributed by atoms with Gasteiger partial charge in [0.1, 0.15) is 52.7 Å². The molecule has 0 aliphatic carbocycles. The molecule has 34 heavy (non-hydrogen) atoms. The number of ether oxygens (including phenoxy) is 3. The summed E-state index contributed by atoms with van der Waals surface area (Å²) in [4.78, 5) is 0. The second-order valence-corrected chi connectivity index (χ2v) is 11.5. The molecule has 0 aliphatic heterocycles. The molecule has 0 bridgehead atoms. The fraction of sp³-hybridized carbons (Fsp3) is 0.172. The summed E-state index contributed by atoms with van der Waals surface area (Å²) in [6.07, 6.45) is -0.0806. The molecule has 4 rings (SSSR count). The fourth-order valence-electron chi connectivity index (χ4n) is 4.31. The Labute approximate surface area is 202 Å². The number of rotatable bonds is 9. The van der Waals surface area contributed by atoms with Crippen molar-refractivity contribution in [2.75, 3.05) is 27.5 Å². The zero-order valence-electron chi connectivity index (χ0n) is 19.7. The van der Waals surface area contributed by atoms with Crippen molar-refractivity contribution in [1.82, 2.24) is 0 Å². The molecule has 5 heteroatoms. The van der Waals surface area contributed by atoms with E-state index in [9.17, 15) is 5.11 Å². The summed E-state index contributed by atoms with van der Waals surface area (Å²) < 4.78 is 16.3.